The van der Waals surface area contributed by atoms with Gasteiger partial charge in [-0.05, 0) is 64.3 Å². The highest BCUT2D eigenvalue weighted by Gasteiger charge is 2.19. The molecule has 0 fully saturated rings. The molecule has 0 spiro atoms. The zero-order valence-electron chi connectivity index (χ0n) is 11.4. The predicted molar refractivity (Wildman–Crippen MR) is 85.8 cm³/mol. The largest absolute Gasteiger partial charge is 0.306 e. The normalized spacial score (nSPS) is 12.4. The second-order valence-electron chi connectivity index (χ2n) is 4.63. The minimum Gasteiger partial charge on any atom is -0.306 e. The van der Waals surface area contributed by atoms with Crippen molar-refractivity contribution in [3.63, 3.8) is 0 Å². The lowest BCUT2D eigenvalue weighted by Gasteiger charge is -2.22. The van der Waals surface area contributed by atoms with Crippen molar-refractivity contribution in [3.8, 4) is 0 Å². The molecule has 0 bridgehead atoms. The van der Waals surface area contributed by atoms with Gasteiger partial charge in [-0.15, -0.1) is 0 Å². The van der Waals surface area contributed by atoms with Gasteiger partial charge in [-0.2, -0.15) is 0 Å². The smallest absolute Gasteiger partial charge is 0.123 e. The molecule has 1 atom stereocenters. The van der Waals surface area contributed by atoms with Crippen molar-refractivity contribution in [2.75, 3.05) is 6.54 Å². The van der Waals surface area contributed by atoms with Gasteiger partial charge in [0, 0.05) is 4.47 Å². The Morgan fingerprint density at radius 1 is 1.25 bits per heavy atom. The molecular formula is C16H16BrClFN. The molecule has 2 aromatic rings. The molecule has 0 radical (unpaired) electrons. The van der Waals surface area contributed by atoms with E-state index in [0.29, 0.717) is 5.02 Å². The van der Waals surface area contributed by atoms with Gasteiger partial charge < -0.3 is 5.32 Å². The van der Waals surface area contributed by atoms with Gasteiger partial charge in [0.1, 0.15) is 5.82 Å². The summed E-state index contributed by atoms with van der Waals surface area (Å²) in [7, 11) is 0. The van der Waals surface area contributed by atoms with Crippen LogP contribution in [0.25, 0.3) is 0 Å². The molecule has 0 saturated carbocycles. The predicted octanol–water partition coefficient (Wildman–Crippen LogP) is 5.25. The van der Waals surface area contributed by atoms with Crippen LogP contribution in [-0.4, -0.2) is 6.54 Å². The molecular weight excluding hydrogens is 341 g/mol. The molecule has 0 aliphatic rings. The Bertz CT molecular complexity index is 613. The van der Waals surface area contributed by atoms with Crippen LogP contribution in [0.2, 0.25) is 5.02 Å². The van der Waals surface area contributed by atoms with E-state index in [-0.39, 0.29) is 11.9 Å². The van der Waals surface area contributed by atoms with Crippen molar-refractivity contribution >= 4 is 27.5 Å². The lowest BCUT2D eigenvalue weighted by molar-refractivity contribution is 0.600. The summed E-state index contributed by atoms with van der Waals surface area (Å²) in [5.41, 5.74) is 2.89. The molecule has 106 valence electrons. The lowest BCUT2D eigenvalue weighted by atomic mass is 9.94. The quantitative estimate of drug-likeness (QED) is 0.789. The summed E-state index contributed by atoms with van der Waals surface area (Å²) in [5.74, 6) is -0.236. The Kier molecular flexibility index (Phi) is 5.19. The van der Waals surface area contributed by atoms with E-state index in [4.69, 9.17) is 11.6 Å². The molecule has 1 nitrogen and oxygen atoms in total. The topological polar surface area (TPSA) is 12.0 Å². The number of hydrogen-bond donors (Lipinski definition) is 1. The van der Waals surface area contributed by atoms with Crippen LogP contribution in [-0.2, 0) is 0 Å². The average molecular weight is 357 g/mol. The van der Waals surface area contributed by atoms with Crippen molar-refractivity contribution in [2.24, 2.45) is 0 Å². The van der Waals surface area contributed by atoms with Crippen LogP contribution in [0.1, 0.15) is 29.7 Å². The molecule has 0 saturated heterocycles. The fourth-order valence-corrected chi connectivity index (χ4v) is 2.87. The van der Waals surface area contributed by atoms with Gasteiger partial charge in [0.15, 0.2) is 0 Å². The lowest BCUT2D eigenvalue weighted by Crippen LogP contribution is -2.23. The number of benzene rings is 2. The summed E-state index contributed by atoms with van der Waals surface area (Å²) >= 11 is 9.82. The van der Waals surface area contributed by atoms with Gasteiger partial charge >= 0.3 is 0 Å². The number of rotatable bonds is 4. The highest BCUT2D eigenvalue weighted by atomic mass is 79.9. The number of halogens is 3. The Labute approximate surface area is 132 Å². The first-order valence-electron chi connectivity index (χ1n) is 6.48. The maximum atomic E-state index is 13.6. The Morgan fingerprint density at radius 2 is 2.00 bits per heavy atom. The zero-order valence-corrected chi connectivity index (χ0v) is 13.7. The third-order valence-corrected chi connectivity index (χ3v) is 4.56. The van der Waals surface area contributed by atoms with E-state index in [1.165, 1.54) is 6.07 Å². The van der Waals surface area contributed by atoms with Gasteiger partial charge in [-0.25, -0.2) is 4.39 Å². The molecule has 2 rings (SSSR count). The van der Waals surface area contributed by atoms with Crippen molar-refractivity contribution in [1.82, 2.24) is 5.32 Å². The first-order chi connectivity index (χ1) is 9.54. The summed E-state index contributed by atoms with van der Waals surface area (Å²) < 4.78 is 14.4. The van der Waals surface area contributed by atoms with Crippen molar-refractivity contribution in [1.29, 1.82) is 0 Å². The maximum absolute atomic E-state index is 13.6. The molecule has 0 aliphatic carbocycles. The van der Waals surface area contributed by atoms with E-state index in [0.717, 1.165) is 27.7 Å². The summed E-state index contributed by atoms with van der Waals surface area (Å²) in [5, 5.41) is 4.03. The highest BCUT2D eigenvalue weighted by molar-refractivity contribution is 9.10. The zero-order chi connectivity index (χ0) is 14.7. The Morgan fingerprint density at radius 3 is 2.70 bits per heavy atom. The molecule has 0 heterocycles. The van der Waals surface area contributed by atoms with Gasteiger partial charge in [-0.3, -0.25) is 0 Å². The SMILES string of the molecule is CCNC(c1cc(F)ccc1C)c1cccc(Br)c1Cl. The Balaban J connectivity index is 2.56. The minimum absolute atomic E-state index is 0.124. The van der Waals surface area contributed by atoms with E-state index in [1.54, 1.807) is 12.1 Å². The van der Waals surface area contributed by atoms with Gasteiger partial charge in [0.25, 0.3) is 0 Å². The number of hydrogen-bond acceptors (Lipinski definition) is 1. The van der Waals surface area contributed by atoms with E-state index in [1.807, 2.05) is 32.0 Å². The van der Waals surface area contributed by atoms with Gasteiger partial charge in [0.05, 0.1) is 11.1 Å². The van der Waals surface area contributed by atoms with Crippen LogP contribution in [0.5, 0.6) is 0 Å². The van der Waals surface area contributed by atoms with Crippen LogP contribution in [0, 0.1) is 12.7 Å². The van der Waals surface area contributed by atoms with Gasteiger partial charge in [0.2, 0.25) is 0 Å². The van der Waals surface area contributed by atoms with Crippen molar-refractivity contribution in [3.05, 3.63) is 68.4 Å². The van der Waals surface area contributed by atoms with Crippen molar-refractivity contribution < 1.29 is 4.39 Å². The highest BCUT2D eigenvalue weighted by Crippen LogP contribution is 2.34. The second kappa shape index (κ2) is 6.70. The van der Waals surface area contributed by atoms with E-state index >= 15 is 0 Å². The second-order valence-corrected chi connectivity index (χ2v) is 5.87. The Hall–Kier alpha value is -0.900. The van der Waals surface area contributed by atoms with Crippen LogP contribution < -0.4 is 5.32 Å². The average Bonchev–Trinajstić information content (AvgIpc) is 2.43. The van der Waals surface area contributed by atoms with E-state index in [2.05, 4.69) is 21.2 Å². The minimum atomic E-state index is -0.236. The molecule has 0 aromatic heterocycles. The van der Waals surface area contributed by atoms with Crippen molar-refractivity contribution in [2.45, 2.75) is 19.9 Å². The van der Waals surface area contributed by atoms with Crippen LogP contribution in [0.15, 0.2) is 40.9 Å². The molecule has 4 heteroatoms. The monoisotopic (exact) mass is 355 g/mol. The summed E-state index contributed by atoms with van der Waals surface area (Å²) in [6, 6.07) is 10.5. The molecule has 1 N–H and O–H groups in total. The molecule has 20 heavy (non-hydrogen) atoms. The first-order valence-corrected chi connectivity index (χ1v) is 7.65. The van der Waals surface area contributed by atoms with Crippen LogP contribution in [0.4, 0.5) is 4.39 Å². The first kappa shape index (κ1) is 15.5. The fourth-order valence-electron chi connectivity index (χ4n) is 2.26. The van der Waals surface area contributed by atoms with E-state index < -0.39 is 0 Å². The molecule has 2 aromatic carbocycles. The third-order valence-electron chi connectivity index (χ3n) is 3.25. The summed E-state index contributed by atoms with van der Waals surface area (Å²) in [4.78, 5) is 0. The third kappa shape index (κ3) is 3.22. The fraction of sp³-hybridized carbons (Fsp3) is 0.250. The number of nitrogens with one attached hydrogen (secondary N) is 1. The molecule has 0 aliphatic heterocycles. The van der Waals surface area contributed by atoms with Gasteiger partial charge in [-0.1, -0.05) is 36.7 Å². The summed E-state index contributed by atoms with van der Waals surface area (Å²) in [6.07, 6.45) is 0. The molecule has 1 unspecified atom stereocenters. The maximum Gasteiger partial charge on any atom is 0.123 e. The molecule has 0 amide bonds. The van der Waals surface area contributed by atoms with E-state index in [9.17, 15) is 4.39 Å². The van der Waals surface area contributed by atoms with Crippen LogP contribution in [0.3, 0.4) is 0 Å². The summed E-state index contributed by atoms with van der Waals surface area (Å²) in [6.45, 7) is 4.77. The van der Waals surface area contributed by atoms with Crippen LogP contribution >= 0.6 is 27.5 Å². The standard InChI is InChI=1S/C16H16BrClFN/c1-3-20-16(12-5-4-6-14(17)15(12)18)13-9-11(19)8-7-10(13)2/h4-9,16,20H,3H2,1-2H3. The number of aryl methyl sites for hydroxylation is 1.